The lowest BCUT2D eigenvalue weighted by Crippen LogP contribution is -2.71. The first-order valence-corrected chi connectivity index (χ1v) is 7.09. The molecule has 0 aromatic heterocycles. The minimum atomic E-state index is -0.515. The zero-order valence-electron chi connectivity index (χ0n) is 7.74. The van der Waals surface area contributed by atoms with Crippen molar-refractivity contribution < 1.29 is 9.59 Å². The topological polar surface area (TPSA) is 34.1 Å². The lowest BCUT2D eigenvalue weighted by atomic mass is 9.59. The summed E-state index contributed by atoms with van der Waals surface area (Å²) in [6.07, 6.45) is 1.13. The van der Waals surface area contributed by atoms with Gasteiger partial charge in [-0.2, -0.15) is 0 Å². The lowest BCUT2D eigenvalue weighted by Gasteiger charge is -2.56. The van der Waals surface area contributed by atoms with Crippen molar-refractivity contribution in [3.63, 3.8) is 0 Å². The van der Waals surface area contributed by atoms with Crippen LogP contribution < -0.4 is 0 Å². The average molecular weight is 332 g/mol. The highest BCUT2D eigenvalue weighted by Gasteiger charge is 2.95. The molecule has 2 nitrogen and oxygen atoms in total. The maximum atomic E-state index is 12.3. The van der Waals surface area contributed by atoms with Gasteiger partial charge in [0.25, 0.3) is 0 Å². The second kappa shape index (κ2) is 1.82. The van der Waals surface area contributed by atoms with Gasteiger partial charge in [0.05, 0.1) is 0 Å². The summed E-state index contributed by atoms with van der Waals surface area (Å²) in [6.45, 7) is 0. The van der Waals surface area contributed by atoms with Crippen LogP contribution in [0, 0.1) is 35.5 Å². The first-order chi connectivity index (χ1) is 7.04. The Labute approximate surface area is 103 Å². The summed E-state index contributed by atoms with van der Waals surface area (Å²) in [5, 5.41) is 0. The van der Waals surface area contributed by atoms with Gasteiger partial charge in [0, 0.05) is 11.8 Å². The van der Waals surface area contributed by atoms with Gasteiger partial charge in [0.1, 0.15) is 8.65 Å². The van der Waals surface area contributed by atoms with Gasteiger partial charge >= 0.3 is 0 Å². The largest absolute Gasteiger partial charge is 0.298 e. The van der Waals surface area contributed by atoms with Gasteiger partial charge < -0.3 is 0 Å². The third-order valence-corrected chi connectivity index (χ3v) is 9.56. The first-order valence-electron chi connectivity index (χ1n) is 5.51. The molecule has 5 aliphatic rings. The van der Waals surface area contributed by atoms with E-state index >= 15 is 0 Å². The molecule has 0 N–H and O–H groups in total. The van der Waals surface area contributed by atoms with Crippen LogP contribution in [0.1, 0.15) is 6.42 Å². The SMILES string of the molecule is O=C1[C@@H]2[C@H]3C[C@H]4[C@@H]2C(=O)[C@]2(Br)[C@@H]4[C@H]3[C@]12Br. The number of carbonyl (C=O) groups is 2. The summed E-state index contributed by atoms with van der Waals surface area (Å²) in [6, 6.07) is 0. The number of rotatable bonds is 0. The van der Waals surface area contributed by atoms with Crippen molar-refractivity contribution >= 4 is 43.4 Å². The van der Waals surface area contributed by atoms with E-state index in [1.54, 1.807) is 0 Å². The van der Waals surface area contributed by atoms with E-state index in [9.17, 15) is 9.59 Å². The lowest BCUT2D eigenvalue weighted by molar-refractivity contribution is -0.139. The van der Waals surface area contributed by atoms with Gasteiger partial charge in [-0.3, -0.25) is 9.59 Å². The monoisotopic (exact) mass is 330 g/mol. The quantitative estimate of drug-likeness (QED) is 0.631. The van der Waals surface area contributed by atoms with E-state index in [0.717, 1.165) is 6.42 Å². The zero-order valence-corrected chi connectivity index (χ0v) is 10.9. The normalized spacial score (nSPS) is 75.9. The molecule has 0 radical (unpaired) electrons. The van der Waals surface area contributed by atoms with Crippen molar-refractivity contribution in [3.05, 3.63) is 0 Å². The van der Waals surface area contributed by atoms with E-state index in [0.29, 0.717) is 35.2 Å². The third-order valence-electron chi connectivity index (χ3n) is 5.93. The van der Waals surface area contributed by atoms with Gasteiger partial charge in [-0.05, 0) is 30.1 Å². The molecule has 5 fully saturated rings. The Bertz CT molecular complexity index is 433. The van der Waals surface area contributed by atoms with Crippen LogP contribution in [0.25, 0.3) is 0 Å². The number of hydrogen-bond donors (Lipinski definition) is 0. The molecule has 5 saturated carbocycles. The number of fused-ring (bicyclic) bond motifs is 2. The highest BCUT2D eigenvalue weighted by Crippen LogP contribution is 2.87. The number of hydrogen-bond acceptors (Lipinski definition) is 2. The van der Waals surface area contributed by atoms with Gasteiger partial charge in [0.2, 0.25) is 0 Å². The zero-order chi connectivity index (χ0) is 10.3. The average Bonchev–Trinajstić information content (AvgIpc) is 2.79. The van der Waals surface area contributed by atoms with Crippen molar-refractivity contribution in [1.82, 2.24) is 0 Å². The van der Waals surface area contributed by atoms with E-state index in [-0.39, 0.29) is 11.8 Å². The van der Waals surface area contributed by atoms with Crippen molar-refractivity contribution in [2.24, 2.45) is 35.5 Å². The predicted molar refractivity (Wildman–Crippen MR) is 58.9 cm³/mol. The van der Waals surface area contributed by atoms with Gasteiger partial charge in [-0.25, -0.2) is 0 Å². The molecule has 0 unspecified atom stereocenters. The van der Waals surface area contributed by atoms with Crippen LogP contribution in [0.2, 0.25) is 0 Å². The minimum Gasteiger partial charge on any atom is -0.298 e. The molecular weight excluding hydrogens is 324 g/mol. The number of alkyl halides is 2. The molecule has 8 atom stereocenters. The molecule has 0 aromatic rings. The maximum absolute atomic E-state index is 12.3. The van der Waals surface area contributed by atoms with E-state index in [1.165, 1.54) is 0 Å². The Hall–Kier alpha value is 0.300. The molecule has 0 saturated heterocycles. The fourth-order valence-electron chi connectivity index (χ4n) is 5.77. The molecule has 78 valence electrons. The van der Waals surface area contributed by atoms with Gasteiger partial charge in [-0.1, -0.05) is 31.9 Å². The third kappa shape index (κ3) is 0.450. The van der Waals surface area contributed by atoms with E-state index in [2.05, 4.69) is 31.9 Å². The van der Waals surface area contributed by atoms with Crippen LogP contribution in [-0.2, 0) is 9.59 Å². The summed E-state index contributed by atoms with van der Waals surface area (Å²) >= 11 is 7.26. The molecule has 0 spiro atoms. The fourth-order valence-corrected chi connectivity index (χ4v) is 8.47. The second-order valence-corrected chi connectivity index (χ2v) is 8.32. The van der Waals surface area contributed by atoms with Crippen LogP contribution >= 0.6 is 31.9 Å². The van der Waals surface area contributed by atoms with Gasteiger partial charge in [-0.15, -0.1) is 0 Å². The molecule has 0 heterocycles. The van der Waals surface area contributed by atoms with E-state index in [1.807, 2.05) is 0 Å². The fraction of sp³-hybridized carbons (Fsp3) is 0.818. The van der Waals surface area contributed by atoms with Crippen LogP contribution in [0.3, 0.4) is 0 Å². The molecule has 0 aliphatic heterocycles. The molecule has 2 bridgehead atoms. The Kier molecular flexibility index (Phi) is 1.02. The highest BCUT2D eigenvalue weighted by molar-refractivity contribution is 9.13. The standard InChI is InChI=1S/C11H8Br2O2/c12-10-6-2-1-3-5(4(2)8(10)14)9(15)11(10,13)7(3)6/h2-7H,1H2/t2-,3+,4-,5+,6-,7-,10+,11-/m0/s1. The summed E-state index contributed by atoms with van der Waals surface area (Å²) in [5.74, 6) is 2.78. The second-order valence-electron chi connectivity index (χ2n) is 5.82. The first kappa shape index (κ1) is 8.40. The van der Waals surface area contributed by atoms with Crippen molar-refractivity contribution in [2.45, 2.75) is 15.1 Å². The number of ketones is 2. The van der Waals surface area contributed by atoms with Crippen LogP contribution in [-0.4, -0.2) is 20.2 Å². The van der Waals surface area contributed by atoms with Gasteiger partial charge in [0.15, 0.2) is 11.6 Å². The predicted octanol–water partition coefficient (Wildman–Crippen LogP) is 1.55. The Morgan fingerprint density at radius 2 is 1.33 bits per heavy atom. The molecule has 0 amide bonds. The Balaban J connectivity index is 1.95. The van der Waals surface area contributed by atoms with E-state index in [4.69, 9.17) is 0 Å². The molecule has 0 aromatic carbocycles. The van der Waals surface area contributed by atoms with Crippen LogP contribution in [0.5, 0.6) is 0 Å². The van der Waals surface area contributed by atoms with Crippen molar-refractivity contribution in [1.29, 1.82) is 0 Å². The molecule has 15 heavy (non-hydrogen) atoms. The minimum absolute atomic E-state index is 0.0799. The summed E-state index contributed by atoms with van der Waals surface area (Å²) in [4.78, 5) is 24.7. The molecule has 5 rings (SSSR count). The number of carbonyl (C=O) groups excluding carboxylic acids is 2. The van der Waals surface area contributed by atoms with Crippen LogP contribution in [0.15, 0.2) is 0 Å². The van der Waals surface area contributed by atoms with Crippen LogP contribution in [0.4, 0.5) is 0 Å². The van der Waals surface area contributed by atoms with Crippen molar-refractivity contribution in [2.75, 3.05) is 0 Å². The smallest absolute Gasteiger partial charge is 0.155 e. The Morgan fingerprint density at radius 1 is 0.933 bits per heavy atom. The summed E-state index contributed by atoms with van der Waals surface area (Å²) in [5.41, 5.74) is 0. The summed E-state index contributed by atoms with van der Waals surface area (Å²) in [7, 11) is 0. The molecule has 4 heteroatoms. The number of halogens is 2. The summed E-state index contributed by atoms with van der Waals surface area (Å²) < 4.78 is -1.03. The highest BCUT2D eigenvalue weighted by atomic mass is 79.9. The Morgan fingerprint density at radius 3 is 1.73 bits per heavy atom. The van der Waals surface area contributed by atoms with Crippen molar-refractivity contribution in [3.8, 4) is 0 Å². The molecular formula is C11H8Br2O2. The number of Topliss-reactive ketones (excluding diaryl/α,β-unsaturated/α-hetero) is 2. The maximum Gasteiger partial charge on any atom is 0.155 e. The van der Waals surface area contributed by atoms with E-state index < -0.39 is 8.65 Å². The molecule has 5 aliphatic carbocycles.